The summed E-state index contributed by atoms with van der Waals surface area (Å²) in [6, 6.07) is 6.88. The van der Waals surface area contributed by atoms with Crippen LogP contribution in [-0.2, 0) is 22.4 Å². The van der Waals surface area contributed by atoms with Gasteiger partial charge in [0.2, 0.25) is 5.91 Å². The molecule has 1 atom stereocenters. The number of carbonyl (C=O) groups excluding carboxylic acids is 1. The second-order valence-corrected chi connectivity index (χ2v) is 3.98. The molecule has 0 aliphatic heterocycles. The summed E-state index contributed by atoms with van der Waals surface area (Å²) in [7, 11) is 0. The van der Waals surface area contributed by atoms with Gasteiger partial charge in [0, 0.05) is 0 Å². The molecule has 92 valence electrons. The summed E-state index contributed by atoms with van der Waals surface area (Å²) in [5, 5.41) is 11.1. The molecule has 1 unspecified atom stereocenters. The summed E-state index contributed by atoms with van der Waals surface area (Å²) >= 11 is 0. The van der Waals surface area contributed by atoms with Crippen LogP contribution in [0.2, 0.25) is 0 Å². The molecule has 0 aliphatic carbocycles. The van der Waals surface area contributed by atoms with Gasteiger partial charge in [-0.15, -0.1) is 0 Å². The molecule has 0 aromatic heterocycles. The minimum atomic E-state index is -1.03. The number of benzene rings is 1. The largest absolute Gasteiger partial charge is 0.480 e. The van der Waals surface area contributed by atoms with Crippen LogP contribution in [0.1, 0.15) is 25.0 Å². The third kappa shape index (κ3) is 4.26. The number of amides is 1. The summed E-state index contributed by atoms with van der Waals surface area (Å²) in [5.74, 6) is -1.30. The molecule has 0 saturated heterocycles. The molecule has 1 aromatic carbocycles. The first kappa shape index (κ1) is 13.2. The molecule has 0 aliphatic rings. The molecule has 1 rings (SSSR count). The van der Waals surface area contributed by atoms with Gasteiger partial charge in [-0.2, -0.15) is 0 Å². The van der Waals surface area contributed by atoms with Crippen molar-refractivity contribution in [3.8, 4) is 0 Å². The van der Waals surface area contributed by atoms with Gasteiger partial charge in [-0.1, -0.05) is 31.2 Å². The fraction of sp³-hybridized carbons (Fsp3) is 0.385. The summed E-state index contributed by atoms with van der Waals surface area (Å²) in [4.78, 5) is 22.1. The van der Waals surface area contributed by atoms with E-state index in [2.05, 4.69) is 5.32 Å². The number of carbonyl (C=O) groups is 2. The van der Waals surface area contributed by atoms with Gasteiger partial charge in [0.1, 0.15) is 6.04 Å². The van der Waals surface area contributed by atoms with Crippen molar-refractivity contribution in [1.82, 2.24) is 5.32 Å². The monoisotopic (exact) mass is 235 g/mol. The van der Waals surface area contributed by atoms with Crippen LogP contribution in [0.25, 0.3) is 0 Å². The van der Waals surface area contributed by atoms with Crippen molar-refractivity contribution < 1.29 is 14.7 Å². The smallest absolute Gasteiger partial charge is 0.325 e. The van der Waals surface area contributed by atoms with Crippen LogP contribution in [-0.4, -0.2) is 23.0 Å². The lowest BCUT2D eigenvalue weighted by Gasteiger charge is -2.09. The molecule has 4 heteroatoms. The minimum absolute atomic E-state index is 0.214. The number of carboxylic acids is 1. The van der Waals surface area contributed by atoms with Crippen LogP contribution in [0.15, 0.2) is 24.3 Å². The molecule has 0 spiro atoms. The van der Waals surface area contributed by atoms with Gasteiger partial charge in [-0.25, -0.2) is 0 Å². The van der Waals surface area contributed by atoms with E-state index >= 15 is 0 Å². The van der Waals surface area contributed by atoms with E-state index in [0.29, 0.717) is 0 Å². The van der Waals surface area contributed by atoms with Crippen molar-refractivity contribution >= 4 is 11.9 Å². The summed E-state index contributed by atoms with van der Waals surface area (Å²) in [6.07, 6.45) is 1.13. The molecule has 17 heavy (non-hydrogen) atoms. The minimum Gasteiger partial charge on any atom is -0.480 e. The average Bonchev–Trinajstić information content (AvgIpc) is 2.28. The zero-order chi connectivity index (χ0) is 12.8. The third-order valence-corrected chi connectivity index (χ3v) is 2.51. The molecule has 1 aromatic rings. The van der Waals surface area contributed by atoms with E-state index in [9.17, 15) is 9.59 Å². The number of rotatable bonds is 5. The molecule has 2 N–H and O–H groups in total. The highest BCUT2D eigenvalue weighted by Gasteiger charge is 2.13. The zero-order valence-electron chi connectivity index (χ0n) is 10.1. The molecule has 4 nitrogen and oxygen atoms in total. The van der Waals surface area contributed by atoms with Gasteiger partial charge < -0.3 is 10.4 Å². The Morgan fingerprint density at radius 3 is 2.59 bits per heavy atom. The Bertz CT molecular complexity index is 415. The average molecular weight is 235 g/mol. The normalized spacial score (nSPS) is 11.9. The molecule has 0 heterocycles. The number of hydrogen-bond acceptors (Lipinski definition) is 2. The number of aryl methyl sites for hydroxylation is 1. The first-order valence-corrected chi connectivity index (χ1v) is 5.63. The van der Waals surface area contributed by atoms with Crippen LogP contribution in [0.5, 0.6) is 0 Å². The Kier molecular flexibility index (Phi) is 4.69. The van der Waals surface area contributed by atoms with E-state index in [1.165, 1.54) is 12.5 Å². The first-order chi connectivity index (χ1) is 8.02. The predicted molar refractivity (Wildman–Crippen MR) is 64.8 cm³/mol. The van der Waals surface area contributed by atoms with E-state index < -0.39 is 12.0 Å². The van der Waals surface area contributed by atoms with Crippen LogP contribution in [0.3, 0.4) is 0 Å². The molecule has 0 fully saturated rings. The van der Waals surface area contributed by atoms with Crippen LogP contribution in [0, 0.1) is 0 Å². The quantitative estimate of drug-likeness (QED) is 0.810. The summed E-state index contributed by atoms with van der Waals surface area (Å²) in [6.45, 7) is 3.49. The maximum atomic E-state index is 11.6. The fourth-order valence-electron chi connectivity index (χ4n) is 1.50. The molecule has 0 saturated carbocycles. The van der Waals surface area contributed by atoms with Crippen molar-refractivity contribution in [2.24, 2.45) is 0 Å². The molecular formula is C13H17NO3. The lowest BCUT2D eigenvalue weighted by molar-refractivity contribution is -0.141. The second-order valence-electron chi connectivity index (χ2n) is 3.98. The Labute approximate surface area is 101 Å². The molecule has 0 radical (unpaired) electrons. The van der Waals surface area contributed by atoms with E-state index in [4.69, 9.17) is 5.11 Å². The van der Waals surface area contributed by atoms with Crippen LogP contribution in [0.4, 0.5) is 0 Å². The van der Waals surface area contributed by atoms with Crippen LogP contribution < -0.4 is 5.32 Å². The lowest BCUT2D eigenvalue weighted by Crippen LogP contribution is -2.39. The van der Waals surface area contributed by atoms with Gasteiger partial charge in [-0.3, -0.25) is 9.59 Å². The summed E-state index contributed by atoms with van der Waals surface area (Å²) < 4.78 is 0. The zero-order valence-corrected chi connectivity index (χ0v) is 10.1. The van der Waals surface area contributed by atoms with Gasteiger partial charge >= 0.3 is 5.97 Å². The highest BCUT2D eigenvalue weighted by atomic mass is 16.4. The first-order valence-electron chi connectivity index (χ1n) is 5.63. The molecule has 0 bridgehead atoms. The Hall–Kier alpha value is -1.84. The van der Waals surface area contributed by atoms with Gasteiger partial charge in [-0.05, 0) is 24.5 Å². The van der Waals surface area contributed by atoms with Crippen LogP contribution >= 0.6 is 0 Å². The Balaban J connectivity index is 2.58. The second kappa shape index (κ2) is 6.03. The number of nitrogens with one attached hydrogen (secondary N) is 1. The van der Waals surface area contributed by atoms with E-state index in [1.54, 1.807) is 0 Å². The number of hydrogen-bond donors (Lipinski definition) is 2. The molecule has 1 amide bonds. The summed E-state index contributed by atoms with van der Waals surface area (Å²) in [5.41, 5.74) is 2.07. The maximum Gasteiger partial charge on any atom is 0.325 e. The highest BCUT2D eigenvalue weighted by molar-refractivity contribution is 5.84. The van der Waals surface area contributed by atoms with Crippen molar-refractivity contribution in [2.75, 3.05) is 0 Å². The Morgan fingerprint density at radius 1 is 1.35 bits per heavy atom. The van der Waals surface area contributed by atoms with Gasteiger partial charge in [0.05, 0.1) is 6.42 Å². The van der Waals surface area contributed by atoms with Gasteiger partial charge in [0.15, 0.2) is 0 Å². The topological polar surface area (TPSA) is 66.4 Å². The number of carboxylic acid groups (broad SMARTS) is 1. The molecular weight excluding hydrogens is 218 g/mol. The standard InChI is InChI=1S/C13H17NO3/c1-3-10-5-4-6-11(7-10)8-12(15)14-9(2)13(16)17/h4-7,9H,3,8H2,1-2H3,(H,14,15)(H,16,17). The predicted octanol–water partition coefficient (Wildman–Crippen LogP) is 1.38. The lowest BCUT2D eigenvalue weighted by atomic mass is 10.1. The number of aliphatic carboxylic acids is 1. The van der Waals surface area contributed by atoms with Gasteiger partial charge in [0.25, 0.3) is 0 Å². The maximum absolute atomic E-state index is 11.6. The van der Waals surface area contributed by atoms with Crippen molar-refractivity contribution in [2.45, 2.75) is 32.7 Å². The van der Waals surface area contributed by atoms with E-state index in [-0.39, 0.29) is 12.3 Å². The third-order valence-electron chi connectivity index (χ3n) is 2.51. The highest BCUT2D eigenvalue weighted by Crippen LogP contribution is 2.06. The van der Waals surface area contributed by atoms with E-state index in [1.807, 2.05) is 31.2 Å². The van der Waals surface area contributed by atoms with Crippen molar-refractivity contribution in [3.05, 3.63) is 35.4 Å². The Morgan fingerprint density at radius 2 is 2.00 bits per heavy atom. The SMILES string of the molecule is CCc1cccc(CC(=O)NC(C)C(=O)O)c1. The fourth-order valence-corrected chi connectivity index (χ4v) is 1.50. The van der Waals surface area contributed by atoms with E-state index in [0.717, 1.165) is 12.0 Å². The van der Waals surface area contributed by atoms with Crippen molar-refractivity contribution in [3.63, 3.8) is 0 Å². The van der Waals surface area contributed by atoms with Crippen molar-refractivity contribution in [1.29, 1.82) is 0 Å².